The molecule has 3 N–H and O–H groups in total. The first-order valence-electron chi connectivity index (χ1n) is 17.0. The van der Waals surface area contributed by atoms with Crippen LogP contribution in [-0.2, 0) is 38.7 Å². The van der Waals surface area contributed by atoms with Crippen molar-refractivity contribution >= 4 is 29.5 Å². The van der Waals surface area contributed by atoms with Crippen LogP contribution in [0.15, 0.2) is 78.9 Å². The molecular formula is C38H43N5O6. The van der Waals surface area contributed by atoms with Gasteiger partial charge in [0.25, 0.3) is 5.91 Å². The van der Waals surface area contributed by atoms with Crippen LogP contribution in [0.1, 0.15) is 65.6 Å². The van der Waals surface area contributed by atoms with Gasteiger partial charge in [0.15, 0.2) is 0 Å². The van der Waals surface area contributed by atoms with Gasteiger partial charge in [-0.1, -0.05) is 66.7 Å². The predicted octanol–water partition coefficient (Wildman–Crippen LogP) is 3.11. The Hall–Kier alpha value is -5.19. The molecule has 0 aromatic heterocycles. The van der Waals surface area contributed by atoms with Gasteiger partial charge in [0.1, 0.15) is 23.9 Å². The number of likely N-dealkylation sites (tertiary alicyclic amines) is 1. The van der Waals surface area contributed by atoms with Crippen LogP contribution in [0.2, 0.25) is 0 Å². The molecule has 2 heterocycles. The average Bonchev–Trinajstić information content (AvgIpc) is 3.79. The van der Waals surface area contributed by atoms with E-state index in [1.54, 1.807) is 36.2 Å². The van der Waals surface area contributed by atoms with Crippen LogP contribution < -0.4 is 20.7 Å². The normalized spacial score (nSPS) is 21.2. The maximum Gasteiger partial charge on any atom is 0.255 e. The van der Waals surface area contributed by atoms with Crippen molar-refractivity contribution in [2.24, 2.45) is 0 Å². The van der Waals surface area contributed by atoms with Gasteiger partial charge in [0, 0.05) is 39.5 Å². The minimum absolute atomic E-state index is 0.0337. The fourth-order valence-electron chi connectivity index (χ4n) is 6.46. The molecule has 2 fully saturated rings. The number of carbonyl (C=O) groups excluding carboxylic acids is 5. The highest BCUT2D eigenvalue weighted by Crippen LogP contribution is 2.38. The molecule has 1 spiro atoms. The molecule has 5 amide bonds. The molecule has 1 saturated carbocycles. The molecule has 0 radical (unpaired) electrons. The van der Waals surface area contributed by atoms with Crippen molar-refractivity contribution in [2.45, 2.75) is 75.7 Å². The molecular weight excluding hydrogens is 622 g/mol. The van der Waals surface area contributed by atoms with Crippen molar-refractivity contribution in [1.82, 2.24) is 25.8 Å². The number of hydrogen-bond acceptors (Lipinski definition) is 6. The molecule has 6 rings (SSSR count). The molecule has 49 heavy (non-hydrogen) atoms. The maximum atomic E-state index is 13.8. The number of hydrogen-bond donors (Lipinski definition) is 3. The molecule has 3 aromatic rings. The van der Waals surface area contributed by atoms with Crippen molar-refractivity contribution in [2.75, 3.05) is 20.2 Å². The summed E-state index contributed by atoms with van der Waals surface area (Å²) in [5.74, 6) is -0.984. The first kappa shape index (κ1) is 33.7. The molecule has 0 bridgehead atoms. The lowest BCUT2D eigenvalue weighted by Crippen LogP contribution is -2.54. The summed E-state index contributed by atoms with van der Waals surface area (Å²) in [6, 6.07) is 22.9. The second-order valence-corrected chi connectivity index (χ2v) is 13.2. The SMILES string of the molecule is CN1C(=O)C2(CC2)NC(=O)CC[C@@H](C(=O)NCc2ccc(CN3CCCC3=O)cc2)NC(=O)c2ccccc2OC[C@@H]1Cc1ccccc1. The monoisotopic (exact) mass is 665 g/mol. The van der Waals surface area contributed by atoms with Gasteiger partial charge in [-0.25, -0.2) is 0 Å². The highest BCUT2D eigenvalue weighted by Gasteiger charge is 2.53. The van der Waals surface area contributed by atoms with Crippen LogP contribution in [0.3, 0.4) is 0 Å². The first-order valence-corrected chi connectivity index (χ1v) is 17.0. The Morgan fingerprint density at radius 2 is 1.61 bits per heavy atom. The molecule has 3 aliphatic rings. The van der Waals surface area contributed by atoms with Crippen LogP contribution in [-0.4, -0.2) is 77.2 Å². The number of amides is 5. The van der Waals surface area contributed by atoms with Crippen molar-refractivity contribution < 1.29 is 28.7 Å². The molecule has 1 aliphatic carbocycles. The topological polar surface area (TPSA) is 137 Å². The smallest absolute Gasteiger partial charge is 0.255 e. The number of nitrogens with one attached hydrogen (secondary N) is 3. The highest BCUT2D eigenvalue weighted by atomic mass is 16.5. The van der Waals surface area contributed by atoms with E-state index < -0.39 is 23.4 Å². The molecule has 3 aromatic carbocycles. The molecule has 2 aliphatic heterocycles. The summed E-state index contributed by atoms with van der Waals surface area (Å²) in [4.78, 5) is 69.7. The summed E-state index contributed by atoms with van der Waals surface area (Å²) in [7, 11) is 1.73. The molecule has 2 atom stereocenters. The van der Waals surface area contributed by atoms with Crippen LogP contribution in [0, 0.1) is 0 Å². The predicted molar refractivity (Wildman–Crippen MR) is 182 cm³/mol. The van der Waals surface area contributed by atoms with E-state index in [9.17, 15) is 24.0 Å². The fraction of sp³-hybridized carbons (Fsp3) is 0.395. The summed E-state index contributed by atoms with van der Waals surface area (Å²) in [5, 5.41) is 8.67. The van der Waals surface area contributed by atoms with Crippen molar-refractivity contribution in [1.29, 1.82) is 0 Å². The highest BCUT2D eigenvalue weighted by molar-refractivity contribution is 6.00. The van der Waals surface area contributed by atoms with Crippen molar-refractivity contribution in [3.8, 4) is 5.75 Å². The van der Waals surface area contributed by atoms with Gasteiger partial charge in [-0.15, -0.1) is 0 Å². The third-order valence-corrected chi connectivity index (χ3v) is 9.60. The van der Waals surface area contributed by atoms with E-state index in [4.69, 9.17) is 4.74 Å². The van der Waals surface area contributed by atoms with Crippen molar-refractivity contribution in [3.63, 3.8) is 0 Å². The number of nitrogens with zero attached hydrogens (tertiary/aromatic N) is 2. The van der Waals surface area contributed by atoms with Gasteiger partial charge in [0.05, 0.1) is 11.6 Å². The van der Waals surface area contributed by atoms with Crippen molar-refractivity contribution in [3.05, 3.63) is 101 Å². The Morgan fingerprint density at radius 1 is 0.898 bits per heavy atom. The summed E-state index contributed by atoms with van der Waals surface area (Å²) in [5.41, 5.74) is 2.15. The van der Waals surface area contributed by atoms with Crippen LogP contribution >= 0.6 is 0 Å². The van der Waals surface area contributed by atoms with Gasteiger partial charge < -0.3 is 30.5 Å². The van der Waals surface area contributed by atoms with Gasteiger partial charge in [-0.3, -0.25) is 24.0 Å². The number of rotatable bonds is 7. The quantitative estimate of drug-likeness (QED) is 0.355. The zero-order valence-electron chi connectivity index (χ0n) is 27.8. The van der Waals surface area contributed by atoms with E-state index in [0.29, 0.717) is 38.0 Å². The summed E-state index contributed by atoms with van der Waals surface area (Å²) in [6.07, 6.45) is 3.01. The van der Waals surface area contributed by atoms with E-state index in [-0.39, 0.29) is 55.3 Å². The fourth-order valence-corrected chi connectivity index (χ4v) is 6.46. The Kier molecular flexibility index (Phi) is 10.3. The number of ether oxygens (including phenoxy) is 1. The first-order chi connectivity index (χ1) is 23.7. The number of carbonyl (C=O) groups is 5. The lowest BCUT2D eigenvalue weighted by Gasteiger charge is -2.32. The summed E-state index contributed by atoms with van der Waals surface area (Å²) < 4.78 is 6.24. The Morgan fingerprint density at radius 3 is 2.33 bits per heavy atom. The second kappa shape index (κ2) is 14.9. The van der Waals surface area contributed by atoms with Gasteiger partial charge >= 0.3 is 0 Å². The molecule has 1 saturated heterocycles. The largest absolute Gasteiger partial charge is 0.491 e. The van der Waals surface area contributed by atoms with Gasteiger partial charge in [0.2, 0.25) is 23.6 Å². The van der Waals surface area contributed by atoms with E-state index in [2.05, 4.69) is 16.0 Å². The number of benzene rings is 3. The second-order valence-electron chi connectivity index (χ2n) is 13.2. The molecule has 11 heteroatoms. The third-order valence-electron chi connectivity index (χ3n) is 9.60. The van der Waals surface area contributed by atoms with E-state index in [1.165, 1.54) is 0 Å². The standard InChI is InChI=1S/C38H43N5O6/c1-42-29(22-26-8-3-2-4-9-26)25-49-32-11-6-5-10-30(32)35(46)40-31(17-18-33(44)41-38(19-20-38)37(42)48)36(47)39-23-27-13-15-28(16-14-27)24-43-21-7-12-34(43)45/h2-6,8-11,13-16,29,31H,7,12,17-25H2,1H3,(H,39,47)(H,40,46)(H,41,44)/t29-,31-/m0/s1. The minimum atomic E-state index is -1.02. The summed E-state index contributed by atoms with van der Waals surface area (Å²) >= 11 is 0. The van der Waals surface area contributed by atoms with Crippen LogP contribution in [0.4, 0.5) is 0 Å². The Labute approximate surface area is 286 Å². The van der Waals surface area contributed by atoms with Gasteiger partial charge in [-0.2, -0.15) is 0 Å². The number of likely N-dealkylation sites (N-methyl/N-ethyl adjacent to an activating group) is 1. The Bertz CT molecular complexity index is 1690. The summed E-state index contributed by atoms with van der Waals surface area (Å²) in [6.45, 7) is 1.65. The lowest BCUT2D eigenvalue weighted by atomic mass is 10.0. The lowest BCUT2D eigenvalue weighted by molar-refractivity contribution is -0.139. The molecule has 0 unspecified atom stereocenters. The zero-order valence-corrected chi connectivity index (χ0v) is 27.8. The van der Waals surface area contributed by atoms with Crippen LogP contribution in [0.5, 0.6) is 5.75 Å². The van der Waals surface area contributed by atoms with E-state index in [1.807, 2.05) is 59.5 Å². The maximum absolute atomic E-state index is 13.8. The number of para-hydroxylation sites is 1. The van der Waals surface area contributed by atoms with E-state index >= 15 is 0 Å². The third kappa shape index (κ3) is 8.28. The average molecular weight is 666 g/mol. The molecule has 256 valence electrons. The Balaban J connectivity index is 1.18. The minimum Gasteiger partial charge on any atom is -0.491 e. The molecule has 11 nitrogen and oxygen atoms in total. The van der Waals surface area contributed by atoms with E-state index in [0.717, 1.165) is 29.7 Å². The number of fused-ring (bicyclic) bond motifs is 1. The van der Waals surface area contributed by atoms with Crippen LogP contribution in [0.25, 0.3) is 0 Å². The van der Waals surface area contributed by atoms with Gasteiger partial charge in [-0.05, 0) is 60.9 Å². The zero-order chi connectivity index (χ0) is 34.4.